The van der Waals surface area contributed by atoms with Gasteiger partial charge in [0.25, 0.3) is 0 Å². The zero-order valence-corrected chi connectivity index (χ0v) is 11.8. The van der Waals surface area contributed by atoms with Crippen LogP contribution in [0.3, 0.4) is 0 Å². The molecular weight excluding hydrogens is 270 g/mol. The Balaban J connectivity index is 5.48. The van der Waals surface area contributed by atoms with Gasteiger partial charge in [0.1, 0.15) is 0 Å². The first kappa shape index (κ1) is 18.4. The first-order valence-electron chi connectivity index (χ1n) is 6.69. The molecule has 0 aliphatic rings. The second kappa shape index (κ2) is 10.2. The van der Waals surface area contributed by atoms with E-state index in [0.717, 1.165) is 0 Å². The normalized spacial score (nSPS) is 11.4. The summed E-state index contributed by atoms with van der Waals surface area (Å²) in [4.78, 5) is 11.0. The minimum Gasteiger partial charge on any atom is -0.264 e. The van der Waals surface area contributed by atoms with Crippen molar-refractivity contribution in [1.82, 2.24) is 0 Å². The molecule has 1 atom stereocenters. The van der Waals surface area contributed by atoms with E-state index in [0.29, 0.717) is 0 Å². The van der Waals surface area contributed by atoms with Crippen LogP contribution >= 0.6 is 0 Å². The van der Waals surface area contributed by atoms with Gasteiger partial charge in [-0.15, -0.1) is 0 Å². The zero-order chi connectivity index (χ0) is 16.1. The molecule has 0 rings (SSSR count). The topological polar surface area (TPSA) is 138 Å². The van der Waals surface area contributed by atoms with Crippen LogP contribution in [0.1, 0.15) is 51.4 Å². The van der Waals surface area contributed by atoms with Crippen LogP contribution in [0.2, 0.25) is 0 Å². The molecular formula is C14H17N5O2. The van der Waals surface area contributed by atoms with Crippen molar-refractivity contribution in [2.45, 2.75) is 57.4 Å². The summed E-state index contributed by atoms with van der Waals surface area (Å²) < 4.78 is 0. The number of nitro groups is 1. The van der Waals surface area contributed by atoms with Gasteiger partial charge in [0.15, 0.2) is 0 Å². The van der Waals surface area contributed by atoms with Crippen LogP contribution in [0.4, 0.5) is 0 Å². The molecule has 0 heterocycles. The molecule has 0 bridgehead atoms. The Labute approximate surface area is 124 Å². The molecule has 110 valence electrons. The van der Waals surface area contributed by atoms with Crippen molar-refractivity contribution in [3.8, 4) is 24.3 Å². The number of nitriles is 4. The van der Waals surface area contributed by atoms with Crippen LogP contribution in [0.25, 0.3) is 0 Å². The Bertz CT molecular complexity index is 458. The van der Waals surface area contributed by atoms with E-state index in [1.165, 1.54) is 0 Å². The summed E-state index contributed by atoms with van der Waals surface area (Å²) in [5, 5.41) is 46.4. The summed E-state index contributed by atoms with van der Waals surface area (Å²) in [5.74, 6) is 0. The molecule has 0 spiro atoms. The highest BCUT2D eigenvalue weighted by molar-refractivity contribution is 4.95. The summed E-state index contributed by atoms with van der Waals surface area (Å²) in [6, 6.07) is 6.80. The molecule has 21 heavy (non-hydrogen) atoms. The minimum absolute atomic E-state index is 0.0407. The van der Waals surface area contributed by atoms with Crippen LogP contribution in [0, 0.1) is 60.9 Å². The van der Waals surface area contributed by atoms with Gasteiger partial charge in [-0.25, -0.2) is 0 Å². The van der Waals surface area contributed by atoms with Crippen LogP contribution in [-0.4, -0.2) is 11.0 Å². The monoisotopic (exact) mass is 287 g/mol. The standard InChI is InChI=1S/C14H17N5O2/c15-9-1-5-13(19(20)21)14(6-2-10-16,7-3-11-17)8-4-12-18/h13H,1-8H2. The number of hydrogen-bond acceptors (Lipinski definition) is 6. The summed E-state index contributed by atoms with van der Waals surface area (Å²) >= 11 is 0. The maximum absolute atomic E-state index is 11.4. The molecule has 0 aliphatic carbocycles. The Kier molecular flexibility index (Phi) is 8.90. The largest absolute Gasteiger partial charge is 0.264 e. The van der Waals surface area contributed by atoms with Gasteiger partial charge in [0.2, 0.25) is 6.04 Å². The highest BCUT2D eigenvalue weighted by Crippen LogP contribution is 2.41. The summed E-state index contributed by atoms with van der Waals surface area (Å²) in [7, 11) is 0. The lowest BCUT2D eigenvalue weighted by Crippen LogP contribution is -2.41. The Morgan fingerprint density at radius 2 is 1.24 bits per heavy atom. The second-order valence-electron chi connectivity index (χ2n) is 4.83. The van der Waals surface area contributed by atoms with Crippen LogP contribution < -0.4 is 0 Å². The first-order chi connectivity index (χ1) is 10.1. The predicted molar refractivity (Wildman–Crippen MR) is 72.6 cm³/mol. The molecule has 0 N–H and O–H groups in total. The smallest absolute Gasteiger partial charge is 0.219 e. The van der Waals surface area contributed by atoms with Crippen molar-refractivity contribution in [2.24, 2.45) is 5.41 Å². The number of rotatable bonds is 10. The first-order valence-corrected chi connectivity index (χ1v) is 6.69. The highest BCUT2D eigenvalue weighted by atomic mass is 16.6. The molecule has 0 aliphatic heterocycles. The molecule has 0 aromatic rings. The van der Waals surface area contributed by atoms with Crippen molar-refractivity contribution in [2.75, 3.05) is 0 Å². The third-order valence-electron chi connectivity index (χ3n) is 3.70. The van der Waals surface area contributed by atoms with E-state index >= 15 is 0 Å². The molecule has 0 saturated heterocycles. The van der Waals surface area contributed by atoms with Gasteiger partial charge >= 0.3 is 0 Å². The highest BCUT2D eigenvalue weighted by Gasteiger charge is 2.45. The van der Waals surface area contributed by atoms with E-state index in [1.54, 1.807) is 0 Å². The van der Waals surface area contributed by atoms with Gasteiger partial charge in [-0.2, -0.15) is 21.0 Å². The van der Waals surface area contributed by atoms with Gasteiger partial charge in [0, 0.05) is 42.4 Å². The Hall–Kier alpha value is -2.64. The van der Waals surface area contributed by atoms with Gasteiger partial charge in [-0.3, -0.25) is 10.1 Å². The quantitative estimate of drug-likeness (QED) is 0.447. The zero-order valence-electron chi connectivity index (χ0n) is 11.8. The fourth-order valence-corrected chi connectivity index (χ4v) is 2.63. The Morgan fingerprint density at radius 3 is 1.52 bits per heavy atom. The van der Waals surface area contributed by atoms with E-state index in [9.17, 15) is 10.1 Å². The maximum atomic E-state index is 11.4. The molecule has 7 heteroatoms. The summed E-state index contributed by atoms with van der Waals surface area (Å²) in [5.41, 5.74) is -0.873. The summed E-state index contributed by atoms with van der Waals surface area (Å²) in [6.45, 7) is 0. The third kappa shape index (κ3) is 5.89. The van der Waals surface area contributed by atoms with Gasteiger partial charge in [-0.05, 0) is 19.3 Å². The van der Waals surface area contributed by atoms with Crippen LogP contribution in [0.5, 0.6) is 0 Å². The van der Waals surface area contributed by atoms with Crippen molar-refractivity contribution in [3.05, 3.63) is 10.1 Å². The number of nitrogens with zero attached hydrogens (tertiary/aromatic N) is 5. The average molecular weight is 287 g/mol. The van der Waals surface area contributed by atoms with E-state index in [2.05, 4.69) is 0 Å². The van der Waals surface area contributed by atoms with Crippen LogP contribution in [-0.2, 0) is 0 Å². The number of hydrogen-bond donors (Lipinski definition) is 0. The molecule has 0 radical (unpaired) electrons. The van der Waals surface area contributed by atoms with Crippen molar-refractivity contribution in [1.29, 1.82) is 21.0 Å². The van der Waals surface area contributed by atoms with Crippen molar-refractivity contribution >= 4 is 0 Å². The fraction of sp³-hybridized carbons (Fsp3) is 0.714. The van der Waals surface area contributed by atoms with E-state index in [4.69, 9.17) is 21.0 Å². The Morgan fingerprint density at radius 1 is 0.857 bits per heavy atom. The molecule has 0 amide bonds. The maximum Gasteiger partial charge on any atom is 0.219 e. The van der Waals surface area contributed by atoms with Gasteiger partial charge in [-0.1, -0.05) is 0 Å². The SMILES string of the molecule is N#CCCC([N+](=O)[O-])C(CCC#N)(CCC#N)CCC#N. The molecule has 0 aromatic heterocycles. The van der Waals surface area contributed by atoms with Crippen molar-refractivity contribution < 1.29 is 4.92 Å². The van der Waals surface area contributed by atoms with E-state index in [1.807, 2.05) is 24.3 Å². The van der Waals surface area contributed by atoms with E-state index in [-0.39, 0.29) is 51.4 Å². The van der Waals surface area contributed by atoms with Gasteiger partial charge in [0.05, 0.1) is 24.3 Å². The lowest BCUT2D eigenvalue weighted by Gasteiger charge is -2.34. The molecule has 7 nitrogen and oxygen atoms in total. The third-order valence-corrected chi connectivity index (χ3v) is 3.70. The lowest BCUT2D eigenvalue weighted by molar-refractivity contribution is -0.545. The minimum atomic E-state index is -1.01. The van der Waals surface area contributed by atoms with Gasteiger partial charge < -0.3 is 0 Å². The average Bonchev–Trinajstić information content (AvgIpc) is 2.48. The molecule has 0 aromatic carbocycles. The molecule has 0 saturated carbocycles. The summed E-state index contributed by atoms with van der Waals surface area (Å²) in [6.07, 6.45) is 1.32. The molecule has 1 unspecified atom stereocenters. The van der Waals surface area contributed by atoms with Crippen molar-refractivity contribution in [3.63, 3.8) is 0 Å². The van der Waals surface area contributed by atoms with E-state index < -0.39 is 16.4 Å². The second-order valence-corrected chi connectivity index (χ2v) is 4.83. The lowest BCUT2D eigenvalue weighted by atomic mass is 9.69. The van der Waals surface area contributed by atoms with Crippen LogP contribution in [0.15, 0.2) is 0 Å². The molecule has 0 fully saturated rings. The fourth-order valence-electron chi connectivity index (χ4n) is 2.63. The predicted octanol–water partition coefficient (Wildman–Crippen LogP) is 2.83.